The first-order valence-corrected chi connectivity index (χ1v) is 8.87. The van der Waals surface area contributed by atoms with Crippen LogP contribution in [0.3, 0.4) is 0 Å². The monoisotopic (exact) mass is 331 g/mol. The number of aliphatic imine (C=N–C) groups is 1. The maximum absolute atomic E-state index is 4.36. The van der Waals surface area contributed by atoms with E-state index in [1.165, 1.54) is 16.0 Å². The molecule has 0 saturated carbocycles. The summed E-state index contributed by atoms with van der Waals surface area (Å²) in [6.07, 6.45) is 6.97. The predicted octanol–water partition coefficient (Wildman–Crippen LogP) is 2.39. The third-order valence-electron chi connectivity index (χ3n) is 3.61. The van der Waals surface area contributed by atoms with Crippen molar-refractivity contribution in [1.82, 2.24) is 20.0 Å². The first-order chi connectivity index (χ1) is 11.1. The second kappa shape index (κ2) is 8.62. The van der Waals surface area contributed by atoms with Crippen molar-refractivity contribution in [1.29, 1.82) is 0 Å². The SMILES string of the molecule is CN=C(NCCc1cnn(C)c1)N(C)Cc1ccc(SC)cc1. The summed E-state index contributed by atoms with van der Waals surface area (Å²) >= 11 is 1.76. The van der Waals surface area contributed by atoms with Gasteiger partial charge in [-0.15, -0.1) is 11.8 Å². The maximum atomic E-state index is 4.36. The third kappa shape index (κ3) is 5.32. The van der Waals surface area contributed by atoms with Crippen LogP contribution in [0.15, 0.2) is 46.5 Å². The van der Waals surface area contributed by atoms with E-state index in [0.717, 1.165) is 25.5 Å². The number of thioether (sulfide) groups is 1. The van der Waals surface area contributed by atoms with E-state index in [-0.39, 0.29) is 0 Å². The number of hydrogen-bond acceptors (Lipinski definition) is 3. The molecule has 23 heavy (non-hydrogen) atoms. The van der Waals surface area contributed by atoms with Crippen molar-refractivity contribution < 1.29 is 0 Å². The molecule has 2 aromatic rings. The molecule has 0 saturated heterocycles. The van der Waals surface area contributed by atoms with Crippen LogP contribution in [-0.4, -0.2) is 47.5 Å². The molecule has 124 valence electrons. The van der Waals surface area contributed by atoms with Gasteiger partial charge in [-0.3, -0.25) is 9.67 Å². The van der Waals surface area contributed by atoms with E-state index in [0.29, 0.717) is 0 Å². The molecule has 0 unspecified atom stereocenters. The normalized spacial score (nSPS) is 11.6. The van der Waals surface area contributed by atoms with Crippen LogP contribution < -0.4 is 5.32 Å². The molecule has 2 rings (SSSR count). The molecule has 0 fully saturated rings. The van der Waals surface area contributed by atoms with Gasteiger partial charge in [-0.1, -0.05) is 12.1 Å². The Balaban J connectivity index is 1.84. The van der Waals surface area contributed by atoms with Crippen molar-refractivity contribution in [2.24, 2.45) is 12.0 Å². The molecule has 0 spiro atoms. The summed E-state index contributed by atoms with van der Waals surface area (Å²) < 4.78 is 1.83. The fourth-order valence-electron chi connectivity index (χ4n) is 2.38. The van der Waals surface area contributed by atoms with E-state index in [2.05, 4.69) is 57.9 Å². The number of benzene rings is 1. The first kappa shape index (κ1) is 17.4. The standard InChI is InChI=1S/C17H25N5S/c1-18-17(19-10-9-15-11-20-22(3)13-15)21(2)12-14-5-7-16(23-4)8-6-14/h5-8,11,13H,9-10,12H2,1-4H3,(H,18,19). The largest absolute Gasteiger partial charge is 0.356 e. The average molecular weight is 331 g/mol. The van der Waals surface area contributed by atoms with Gasteiger partial charge in [-0.2, -0.15) is 5.10 Å². The summed E-state index contributed by atoms with van der Waals surface area (Å²) in [5.41, 5.74) is 2.51. The van der Waals surface area contributed by atoms with Crippen molar-refractivity contribution in [3.8, 4) is 0 Å². The summed E-state index contributed by atoms with van der Waals surface area (Å²) in [4.78, 5) is 7.78. The van der Waals surface area contributed by atoms with Gasteiger partial charge < -0.3 is 10.2 Å². The van der Waals surface area contributed by atoms with E-state index in [9.17, 15) is 0 Å². The van der Waals surface area contributed by atoms with Crippen LogP contribution >= 0.6 is 11.8 Å². The number of guanidine groups is 1. The van der Waals surface area contributed by atoms with E-state index in [1.54, 1.807) is 11.8 Å². The minimum Gasteiger partial charge on any atom is -0.356 e. The third-order valence-corrected chi connectivity index (χ3v) is 4.35. The molecule has 0 bridgehead atoms. The fraction of sp³-hybridized carbons (Fsp3) is 0.412. The molecule has 0 aliphatic rings. The summed E-state index contributed by atoms with van der Waals surface area (Å²) in [6, 6.07) is 8.66. The minimum absolute atomic E-state index is 0.835. The molecule has 1 heterocycles. The van der Waals surface area contributed by atoms with Crippen LogP contribution in [0.2, 0.25) is 0 Å². The number of aryl methyl sites for hydroxylation is 1. The van der Waals surface area contributed by atoms with Crippen LogP contribution in [-0.2, 0) is 20.0 Å². The van der Waals surface area contributed by atoms with Crippen LogP contribution in [0.25, 0.3) is 0 Å². The van der Waals surface area contributed by atoms with Gasteiger partial charge in [0.2, 0.25) is 0 Å². The molecule has 0 atom stereocenters. The molecular weight excluding hydrogens is 306 g/mol. The number of hydrogen-bond donors (Lipinski definition) is 1. The summed E-state index contributed by atoms with van der Waals surface area (Å²) in [5, 5.41) is 7.59. The Bertz CT molecular complexity index is 633. The first-order valence-electron chi connectivity index (χ1n) is 7.64. The predicted molar refractivity (Wildman–Crippen MR) is 98.0 cm³/mol. The van der Waals surface area contributed by atoms with Crippen LogP contribution in [0.5, 0.6) is 0 Å². The quantitative estimate of drug-likeness (QED) is 0.501. The maximum Gasteiger partial charge on any atom is 0.193 e. The highest BCUT2D eigenvalue weighted by molar-refractivity contribution is 7.98. The molecular formula is C17H25N5S. The summed E-state index contributed by atoms with van der Waals surface area (Å²) in [6.45, 7) is 1.68. The van der Waals surface area contributed by atoms with E-state index >= 15 is 0 Å². The van der Waals surface area contributed by atoms with Crippen LogP contribution in [0, 0.1) is 0 Å². The van der Waals surface area contributed by atoms with Crippen LogP contribution in [0.1, 0.15) is 11.1 Å². The molecule has 0 radical (unpaired) electrons. The molecule has 0 aliphatic heterocycles. The molecule has 5 nitrogen and oxygen atoms in total. The Kier molecular flexibility index (Phi) is 6.52. The average Bonchev–Trinajstić information content (AvgIpc) is 2.97. The van der Waals surface area contributed by atoms with Crippen molar-refractivity contribution in [3.05, 3.63) is 47.8 Å². The number of aromatic nitrogens is 2. The van der Waals surface area contributed by atoms with Gasteiger partial charge in [0, 0.05) is 45.3 Å². The number of rotatable bonds is 6. The Labute approximate surface area is 142 Å². The molecule has 0 amide bonds. The zero-order valence-electron chi connectivity index (χ0n) is 14.3. The summed E-state index contributed by atoms with van der Waals surface area (Å²) in [5.74, 6) is 0.905. The lowest BCUT2D eigenvalue weighted by atomic mass is 10.2. The second-order valence-electron chi connectivity index (χ2n) is 5.45. The highest BCUT2D eigenvalue weighted by Gasteiger charge is 2.06. The fourth-order valence-corrected chi connectivity index (χ4v) is 2.79. The summed E-state index contributed by atoms with van der Waals surface area (Å²) in [7, 11) is 5.81. The van der Waals surface area contributed by atoms with Crippen molar-refractivity contribution in [3.63, 3.8) is 0 Å². The molecule has 1 aromatic carbocycles. The van der Waals surface area contributed by atoms with Gasteiger partial charge in [0.05, 0.1) is 6.20 Å². The van der Waals surface area contributed by atoms with Gasteiger partial charge >= 0.3 is 0 Å². The van der Waals surface area contributed by atoms with E-state index in [4.69, 9.17) is 0 Å². The molecule has 1 aromatic heterocycles. The topological polar surface area (TPSA) is 45.5 Å². The Morgan fingerprint density at radius 3 is 2.61 bits per heavy atom. The highest BCUT2D eigenvalue weighted by atomic mass is 32.2. The Morgan fingerprint density at radius 1 is 1.30 bits per heavy atom. The van der Waals surface area contributed by atoms with Gasteiger partial charge in [-0.05, 0) is 35.9 Å². The van der Waals surface area contributed by atoms with Gasteiger partial charge in [-0.25, -0.2) is 0 Å². The van der Waals surface area contributed by atoms with E-state index in [1.807, 2.05) is 31.2 Å². The zero-order chi connectivity index (χ0) is 16.7. The smallest absolute Gasteiger partial charge is 0.193 e. The van der Waals surface area contributed by atoms with Crippen molar-refractivity contribution in [2.75, 3.05) is 26.9 Å². The Morgan fingerprint density at radius 2 is 2.04 bits per heavy atom. The minimum atomic E-state index is 0.835. The van der Waals surface area contributed by atoms with Crippen molar-refractivity contribution >= 4 is 17.7 Å². The van der Waals surface area contributed by atoms with Gasteiger partial charge in [0.25, 0.3) is 0 Å². The zero-order valence-corrected chi connectivity index (χ0v) is 15.1. The lowest BCUT2D eigenvalue weighted by Gasteiger charge is -2.22. The second-order valence-corrected chi connectivity index (χ2v) is 6.33. The number of nitrogens with one attached hydrogen (secondary N) is 1. The van der Waals surface area contributed by atoms with E-state index < -0.39 is 0 Å². The number of nitrogens with zero attached hydrogens (tertiary/aromatic N) is 4. The lowest BCUT2D eigenvalue weighted by molar-refractivity contribution is 0.477. The van der Waals surface area contributed by atoms with Gasteiger partial charge in [0.15, 0.2) is 5.96 Å². The molecule has 1 N–H and O–H groups in total. The lowest BCUT2D eigenvalue weighted by Crippen LogP contribution is -2.39. The molecule has 6 heteroatoms. The van der Waals surface area contributed by atoms with Crippen LogP contribution in [0.4, 0.5) is 0 Å². The van der Waals surface area contributed by atoms with Gasteiger partial charge in [0.1, 0.15) is 0 Å². The highest BCUT2D eigenvalue weighted by Crippen LogP contribution is 2.15. The van der Waals surface area contributed by atoms with Crippen molar-refractivity contribution in [2.45, 2.75) is 17.9 Å². The molecule has 0 aliphatic carbocycles. The Hall–Kier alpha value is -1.95.